The molecule has 0 radical (unpaired) electrons. The van der Waals surface area contributed by atoms with Gasteiger partial charge in [-0.3, -0.25) is 4.79 Å². The second-order valence-electron chi connectivity index (χ2n) is 9.02. The van der Waals surface area contributed by atoms with Crippen molar-refractivity contribution in [3.63, 3.8) is 0 Å². The topological polar surface area (TPSA) is 83.4 Å². The van der Waals surface area contributed by atoms with Crippen molar-refractivity contribution in [2.45, 2.75) is 38.8 Å². The monoisotopic (exact) mass is 459 g/mol. The first-order valence-corrected chi connectivity index (χ1v) is 10.6. The fraction of sp³-hybridized carbons (Fsp3) is 0.417. The average Bonchev–Trinajstić information content (AvgIpc) is 3.26. The average molecular weight is 459 g/mol. The highest BCUT2D eigenvalue weighted by Gasteiger charge is 2.47. The molecule has 0 aromatic heterocycles. The normalized spacial score (nSPS) is 21.9. The van der Waals surface area contributed by atoms with Crippen LogP contribution in [0.4, 0.5) is 18.9 Å². The molecule has 1 saturated heterocycles. The van der Waals surface area contributed by atoms with Crippen molar-refractivity contribution in [2.75, 3.05) is 18.5 Å². The molecule has 2 aromatic rings. The molecule has 3 atom stereocenters. The van der Waals surface area contributed by atoms with Gasteiger partial charge in [0.25, 0.3) is 5.91 Å². The number of carbonyl (C=O) groups excluding carboxylic acids is 1. The molecule has 4 rings (SSSR count). The summed E-state index contributed by atoms with van der Waals surface area (Å²) >= 11 is 0. The third kappa shape index (κ3) is 4.91. The van der Waals surface area contributed by atoms with Crippen molar-refractivity contribution in [3.8, 4) is 11.8 Å². The third-order valence-electron chi connectivity index (χ3n) is 6.26. The Morgan fingerprint density at radius 2 is 1.97 bits per heavy atom. The minimum absolute atomic E-state index is 0.00768. The van der Waals surface area contributed by atoms with Crippen LogP contribution >= 0.6 is 0 Å². The molecule has 174 valence electrons. The zero-order valence-electron chi connectivity index (χ0n) is 18.2. The molecule has 0 unspecified atom stereocenters. The Morgan fingerprint density at radius 1 is 1.24 bits per heavy atom. The molecule has 2 N–H and O–H groups in total. The Balaban J connectivity index is 1.45. The molecule has 2 aliphatic heterocycles. The van der Waals surface area contributed by atoms with Gasteiger partial charge in [-0.2, -0.15) is 5.26 Å². The second-order valence-corrected chi connectivity index (χ2v) is 9.02. The fourth-order valence-electron chi connectivity index (χ4n) is 4.64. The van der Waals surface area contributed by atoms with E-state index in [1.165, 1.54) is 12.1 Å². The summed E-state index contributed by atoms with van der Waals surface area (Å²) in [5.74, 6) is -0.579. The van der Waals surface area contributed by atoms with Gasteiger partial charge in [0.2, 0.25) is 0 Å². The summed E-state index contributed by atoms with van der Waals surface area (Å²) in [7, 11) is 0. The number of ether oxygens (including phenoxy) is 2. The Bertz CT molecular complexity index is 1080. The maximum absolute atomic E-state index is 12.6. The number of carbonyl (C=O) groups is 1. The van der Waals surface area contributed by atoms with Crippen molar-refractivity contribution in [1.29, 1.82) is 5.26 Å². The van der Waals surface area contributed by atoms with Crippen LogP contribution in [0.3, 0.4) is 0 Å². The molecule has 2 heterocycles. The number of anilines is 1. The molecule has 33 heavy (non-hydrogen) atoms. The molecule has 0 spiro atoms. The van der Waals surface area contributed by atoms with Gasteiger partial charge in [-0.15, -0.1) is 13.2 Å². The summed E-state index contributed by atoms with van der Waals surface area (Å²) in [6.07, 6.45) is -4.04. The zero-order chi connectivity index (χ0) is 23.8. The molecular weight excluding hydrogens is 435 g/mol. The molecular formula is C24H24F3N3O3. The highest BCUT2D eigenvalue weighted by atomic mass is 19.4. The predicted molar refractivity (Wildman–Crippen MR) is 115 cm³/mol. The van der Waals surface area contributed by atoms with E-state index in [4.69, 9.17) is 4.74 Å². The highest BCUT2D eigenvalue weighted by molar-refractivity contribution is 5.94. The number of alkyl halides is 3. The molecule has 2 aliphatic rings. The number of nitrogens with one attached hydrogen (secondary N) is 2. The van der Waals surface area contributed by atoms with Crippen LogP contribution in [0.5, 0.6) is 5.75 Å². The molecule has 1 amide bonds. The van der Waals surface area contributed by atoms with E-state index in [2.05, 4.69) is 35.3 Å². The van der Waals surface area contributed by atoms with Crippen LogP contribution in [-0.4, -0.2) is 31.5 Å². The number of benzene rings is 2. The van der Waals surface area contributed by atoms with Crippen molar-refractivity contribution >= 4 is 11.6 Å². The largest absolute Gasteiger partial charge is 0.573 e. The second kappa shape index (κ2) is 8.60. The fourth-order valence-corrected chi connectivity index (χ4v) is 4.64. The van der Waals surface area contributed by atoms with Gasteiger partial charge < -0.3 is 20.1 Å². The third-order valence-corrected chi connectivity index (χ3v) is 6.26. The van der Waals surface area contributed by atoms with Gasteiger partial charge >= 0.3 is 6.36 Å². The van der Waals surface area contributed by atoms with E-state index >= 15 is 0 Å². The van der Waals surface area contributed by atoms with Crippen LogP contribution < -0.4 is 15.4 Å². The lowest BCUT2D eigenvalue weighted by Crippen LogP contribution is -2.51. The molecule has 6 nitrogen and oxygen atoms in total. The van der Waals surface area contributed by atoms with E-state index in [0.29, 0.717) is 18.7 Å². The van der Waals surface area contributed by atoms with Crippen LogP contribution in [0.2, 0.25) is 0 Å². The zero-order valence-corrected chi connectivity index (χ0v) is 18.2. The molecule has 0 bridgehead atoms. The van der Waals surface area contributed by atoms with Gasteiger partial charge in [-0.1, -0.05) is 13.8 Å². The maximum Gasteiger partial charge on any atom is 0.573 e. The first kappa shape index (κ1) is 22.9. The number of fused-ring (bicyclic) bond motifs is 3. The van der Waals surface area contributed by atoms with Gasteiger partial charge in [0, 0.05) is 47.3 Å². The van der Waals surface area contributed by atoms with Crippen LogP contribution in [0.1, 0.15) is 47.9 Å². The number of rotatable bonds is 5. The maximum atomic E-state index is 12.6. The number of hydrogen-bond acceptors (Lipinski definition) is 5. The summed E-state index contributed by atoms with van der Waals surface area (Å²) in [4.78, 5) is 12.6. The number of amides is 1. The van der Waals surface area contributed by atoms with E-state index in [1.807, 2.05) is 12.1 Å². The lowest BCUT2D eigenvalue weighted by Gasteiger charge is -2.45. The molecule has 0 aliphatic carbocycles. The Kier molecular flexibility index (Phi) is 5.97. The van der Waals surface area contributed by atoms with E-state index in [9.17, 15) is 23.2 Å². The van der Waals surface area contributed by atoms with E-state index in [0.717, 1.165) is 29.8 Å². The molecule has 9 heteroatoms. The van der Waals surface area contributed by atoms with E-state index < -0.39 is 6.36 Å². The standard InChI is InChI=1S/C24H24F3N3O3/c1-23(2,13-29-22(31)15-4-6-16(7-5-15)33-24(25,26)27)21-17-9-10-32-20(17)18-11-14(12-28)3-8-19(18)30-21/h3-8,11,17,20-21,30H,9-10,13H2,1-2H3,(H,29,31)/t17-,20-,21-/m1/s1. The number of halogens is 3. The van der Waals surface area contributed by atoms with Crippen molar-refractivity contribution < 1.29 is 27.4 Å². The first-order chi connectivity index (χ1) is 15.6. The van der Waals surface area contributed by atoms with Gasteiger partial charge in [0.1, 0.15) is 5.75 Å². The molecule has 0 saturated carbocycles. The predicted octanol–water partition coefficient (Wildman–Crippen LogP) is 4.78. The highest BCUT2D eigenvalue weighted by Crippen LogP contribution is 2.49. The summed E-state index contributed by atoms with van der Waals surface area (Å²) in [5, 5.41) is 15.7. The van der Waals surface area contributed by atoms with E-state index in [1.54, 1.807) is 6.07 Å². The van der Waals surface area contributed by atoms with Crippen molar-refractivity contribution in [2.24, 2.45) is 11.3 Å². The Labute approximate surface area is 189 Å². The van der Waals surface area contributed by atoms with Crippen LogP contribution in [0.15, 0.2) is 42.5 Å². The van der Waals surface area contributed by atoms with Gasteiger partial charge in [0.05, 0.1) is 17.7 Å². The first-order valence-electron chi connectivity index (χ1n) is 10.6. The number of hydrogen-bond donors (Lipinski definition) is 2. The Morgan fingerprint density at radius 3 is 2.64 bits per heavy atom. The smallest absolute Gasteiger partial charge is 0.406 e. The quantitative estimate of drug-likeness (QED) is 0.672. The van der Waals surface area contributed by atoms with Crippen LogP contribution in [0, 0.1) is 22.7 Å². The minimum Gasteiger partial charge on any atom is -0.406 e. The van der Waals surface area contributed by atoms with Crippen LogP contribution in [0.25, 0.3) is 0 Å². The van der Waals surface area contributed by atoms with Gasteiger partial charge in [-0.25, -0.2) is 0 Å². The number of nitriles is 1. The molecule has 1 fully saturated rings. The number of nitrogens with zero attached hydrogens (tertiary/aromatic N) is 1. The van der Waals surface area contributed by atoms with Crippen LogP contribution in [-0.2, 0) is 4.74 Å². The van der Waals surface area contributed by atoms with Gasteiger partial charge in [0.15, 0.2) is 0 Å². The van der Waals surface area contributed by atoms with Crippen molar-refractivity contribution in [3.05, 3.63) is 59.2 Å². The Hall–Kier alpha value is -3.25. The minimum atomic E-state index is -4.78. The molecule has 2 aromatic carbocycles. The summed E-state index contributed by atoms with van der Waals surface area (Å²) in [6, 6.07) is 12.5. The summed E-state index contributed by atoms with van der Waals surface area (Å²) in [6.45, 7) is 5.07. The SMILES string of the molecule is CC(C)(CNC(=O)c1ccc(OC(F)(F)F)cc1)[C@@H]1Nc2ccc(C#N)cc2[C@@H]2OCC[C@@H]12. The van der Waals surface area contributed by atoms with Gasteiger partial charge in [-0.05, 0) is 48.9 Å². The lowest BCUT2D eigenvalue weighted by molar-refractivity contribution is -0.274. The summed E-state index contributed by atoms with van der Waals surface area (Å²) < 4.78 is 46.8. The summed E-state index contributed by atoms with van der Waals surface area (Å²) in [5.41, 5.74) is 2.36. The van der Waals surface area contributed by atoms with E-state index in [-0.39, 0.29) is 40.7 Å². The lowest BCUT2D eigenvalue weighted by atomic mass is 9.71. The van der Waals surface area contributed by atoms with Crippen molar-refractivity contribution in [1.82, 2.24) is 5.32 Å².